The summed E-state index contributed by atoms with van der Waals surface area (Å²) < 4.78 is 1.44. The first-order chi connectivity index (χ1) is 13.2. The topological polar surface area (TPSA) is 93.1 Å². The number of rotatable bonds is 5. The van der Waals surface area contributed by atoms with E-state index in [9.17, 15) is 14.4 Å². The van der Waals surface area contributed by atoms with Crippen LogP contribution in [0.5, 0.6) is 0 Å². The van der Waals surface area contributed by atoms with Gasteiger partial charge in [0.1, 0.15) is 4.83 Å². The first-order valence-corrected chi connectivity index (χ1v) is 9.76. The molecule has 0 unspecified atom stereocenters. The van der Waals surface area contributed by atoms with E-state index in [1.807, 2.05) is 26.2 Å². The van der Waals surface area contributed by atoms with Crippen LogP contribution in [0.2, 0.25) is 0 Å². The maximum atomic E-state index is 12.3. The molecule has 3 aromatic rings. The Morgan fingerprint density at radius 3 is 2.54 bits per heavy atom. The number of hydrogen-bond donors (Lipinski definition) is 2. The highest BCUT2D eigenvalue weighted by Crippen LogP contribution is 2.14. The first-order valence-electron chi connectivity index (χ1n) is 8.88. The number of aryl methyl sites for hydroxylation is 1. The molecule has 0 saturated carbocycles. The average Bonchev–Trinajstić information content (AvgIpc) is 3.10. The van der Waals surface area contributed by atoms with Gasteiger partial charge in [-0.25, -0.2) is 4.98 Å². The van der Waals surface area contributed by atoms with Crippen LogP contribution in [0.1, 0.15) is 37.6 Å². The van der Waals surface area contributed by atoms with E-state index < -0.39 is 0 Å². The van der Waals surface area contributed by atoms with Crippen LogP contribution < -0.4 is 16.2 Å². The SMILES string of the molecule is CC(C)(C)NC(=O)c1ccc(NC(=O)CCn2cnc3sccc3c2=O)cc1. The highest BCUT2D eigenvalue weighted by atomic mass is 32.1. The molecule has 2 amide bonds. The molecule has 3 rings (SSSR count). The Balaban J connectivity index is 1.58. The van der Waals surface area contributed by atoms with Crippen LogP contribution in [0.3, 0.4) is 0 Å². The van der Waals surface area contributed by atoms with Crippen molar-refractivity contribution >= 4 is 39.1 Å². The normalized spacial score (nSPS) is 11.4. The second kappa shape index (κ2) is 7.93. The van der Waals surface area contributed by atoms with Gasteiger partial charge in [0.25, 0.3) is 11.5 Å². The number of anilines is 1. The van der Waals surface area contributed by atoms with Crippen molar-refractivity contribution in [1.29, 1.82) is 0 Å². The Hall–Kier alpha value is -3.00. The summed E-state index contributed by atoms with van der Waals surface area (Å²) in [6.07, 6.45) is 1.61. The van der Waals surface area contributed by atoms with Gasteiger partial charge in [-0.2, -0.15) is 0 Å². The molecule has 0 radical (unpaired) electrons. The van der Waals surface area contributed by atoms with E-state index in [2.05, 4.69) is 15.6 Å². The van der Waals surface area contributed by atoms with Crippen molar-refractivity contribution in [3.05, 3.63) is 58.0 Å². The molecular weight excluding hydrogens is 376 g/mol. The zero-order chi connectivity index (χ0) is 20.3. The van der Waals surface area contributed by atoms with Crippen LogP contribution >= 0.6 is 11.3 Å². The Labute approximate surface area is 166 Å². The number of carbonyl (C=O) groups is 2. The van der Waals surface area contributed by atoms with Crippen molar-refractivity contribution < 1.29 is 9.59 Å². The zero-order valence-corrected chi connectivity index (χ0v) is 16.8. The summed E-state index contributed by atoms with van der Waals surface area (Å²) in [4.78, 5) is 41.6. The summed E-state index contributed by atoms with van der Waals surface area (Å²) in [5, 5.41) is 8.05. The number of nitrogens with one attached hydrogen (secondary N) is 2. The minimum Gasteiger partial charge on any atom is -0.347 e. The second-order valence-electron chi connectivity index (χ2n) is 7.46. The third kappa shape index (κ3) is 4.83. The number of nitrogens with zero attached hydrogens (tertiary/aromatic N) is 2. The number of thiophene rings is 1. The fraction of sp³-hybridized carbons (Fsp3) is 0.300. The lowest BCUT2D eigenvalue weighted by Crippen LogP contribution is -2.40. The van der Waals surface area contributed by atoms with E-state index in [1.165, 1.54) is 22.2 Å². The molecule has 0 aliphatic heterocycles. The highest BCUT2D eigenvalue weighted by Gasteiger charge is 2.15. The summed E-state index contributed by atoms with van der Waals surface area (Å²) in [7, 11) is 0. The van der Waals surface area contributed by atoms with Gasteiger partial charge in [0.15, 0.2) is 0 Å². The van der Waals surface area contributed by atoms with Gasteiger partial charge < -0.3 is 10.6 Å². The molecule has 1 aromatic carbocycles. The molecule has 146 valence electrons. The average molecular weight is 398 g/mol. The lowest BCUT2D eigenvalue weighted by Gasteiger charge is -2.20. The van der Waals surface area contributed by atoms with Crippen molar-refractivity contribution in [1.82, 2.24) is 14.9 Å². The molecule has 0 atom stereocenters. The van der Waals surface area contributed by atoms with Crippen molar-refractivity contribution in [2.24, 2.45) is 0 Å². The fourth-order valence-corrected chi connectivity index (χ4v) is 3.34. The van der Waals surface area contributed by atoms with Gasteiger partial charge in [0.2, 0.25) is 5.91 Å². The molecule has 7 nitrogen and oxygen atoms in total. The van der Waals surface area contributed by atoms with Crippen LogP contribution in [-0.2, 0) is 11.3 Å². The molecule has 0 aliphatic carbocycles. The van der Waals surface area contributed by atoms with Crippen molar-refractivity contribution in [3.63, 3.8) is 0 Å². The molecule has 0 spiro atoms. The molecule has 0 fully saturated rings. The maximum absolute atomic E-state index is 12.3. The zero-order valence-electron chi connectivity index (χ0n) is 16.0. The molecule has 28 heavy (non-hydrogen) atoms. The summed E-state index contributed by atoms with van der Waals surface area (Å²) in [6, 6.07) is 8.43. The van der Waals surface area contributed by atoms with Gasteiger partial charge in [-0.05, 0) is 56.5 Å². The van der Waals surface area contributed by atoms with E-state index in [0.29, 0.717) is 21.5 Å². The largest absolute Gasteiger partial charge is 0.347 e. The van der Waals surface area contributed by atoms with Crippen LogP contribution in [0.4, 0.5) is 5.69 Å². The molecule has 2 aromatic heterocycles. The third-order valence-electron chi connectivity index (χ3n) is 3.95. The summed E-state index contributed by atoms with van der Waals surface area (Å²) in [6.45, 7) is 5.99. The fourth-order valence-electron chi connectivity index (χ4n) is 2.62. The van der Waals surface area contributed by atoms with E-state index >= 15 is 0 Å². The van der Waals surface area contributed by atoms with Crippen molar-refractivity contribution in [3.8, 4) is 0 Å². The quantitative estimate of drug-likeness (QED) is 0.691. The first kappa shape index (κ1) is 19.8. The van der Waals surface area contributed by atoms with Gasteiger partial charge >= 0.3 is 0 Å². The van der Waals surface area contributed by atoms with Crippen LogP contribution in [0.15, 0.2) is 46.8 Å². The van der Waals surface area contributed by atoms with Gasteiger partial charge in [-0.3, -0.25) is 19.0 Å². The summed E-state index contributed by atoms with van der Waals surface area (Å²) >= 11 is 1.41. The van der Waals surface area contributed by atoms with Crippen LogP contribution in [0.25, 0.3) is 10.2 Å². The highest BCUT2D eigenvalue weighted by molar-refractivity contribution is 7.16. The molecule has 0 saturated heterocycles. The molecule has 0 aliphatic rings. The smallest absolute Gasteiger partial charge is 0.262 e. The van der Waals surface area contributed by atoms with Crippen molar-refractivity contribution in [2.75, 3.05) is 5.32 Å². The minimum absolute atomic E-state index is 0.142. The Morgan fingerprint density at radius 2 is 1.86 bits per heavy atom. The number of amides is 2. The molecule has 0 bridgehead atoms. The predicted molar refractivity (Wildman–Crippen MR) is 111 cm³/mol. The second-order valence-corrected chi connectivity index (χ2v) is 8.36. The van der Waals surface area contributed by atoms with E-state index in [0.717, 1.165) is 0 Å². The van der Waals surface area contributed by atoms with Crippen LogP contribution in [-0.4, -0.2) is 26.9 Å². The Bertz CT molecular complexity index is 1060. The Kier molecular flexibility index (Phi) is 5.60. The summed E-state index contributed by atoms with van der Waals surface area (Å²) in [5.41, 5.74) is 0.655. The third-order valence-corrected chi connectivity index (χ3v) is 4.77. The summed E-state index contributed by atoms with van der Waals surface area (Å²) in [5.74, 6) is -0.384. The van der Waals surface area contributed by atoms with Gasteiger partial charge in [-0.15, -0.1) is 11.3 Å². The van der Waals surface area contributed by atoms with E-state index in [4.69, 9.17) is 0 Å². The van der Waals surface area contributed by atoms with Gasteiger partial charge in [0.05, 0.1) is 11.7 Å². The number of fused-ring (bicyclic) bond motifs is 1. The standard InChI is InChI=1S/C20H22N4O3S/c1-20(2,3)23-17(26)13-4-6-14(7-5-13)22-16(25)8-10-24-12-21-18-15(19(24)27)9-11-28-18/h4-7,9,11-12H,8,10H2,1-3H3,(H,22,25)(H,23,26). The maximum Gasteiger partial charge on any atom is 0.262 e. The molecule has 8 heteroatoms. The number of carbonyl (C=O) groups excluding carboxylic acids is 2. The van der Waals surface area contributed by atoms with Crippen molar-refractivity contribution in [2.45, 2.75) is 39.3 Å². The van der Waals surface area contributed by atoms with E-state index in [-0.39, 0.29) is 35.9 Å². The number of benzene rings is 1. The van der Waals surface area contributed by atoms with Gasteiger partial charge in [-0.1, -0.05) is 0 Å². The molecule has 2 heterocycles. The lowest BCUT2D eigenvalue weighted by molar-refractivity contribution is -0.116. The number of aromatic nitrogens is 2. The minimum atomic E-state index is -0.317. The lowest BCUT2D eigenvalue weighted by atomic mass is 10.1. The van der Waals surface area contributed by atoms with E-state index in [1.54, 1.807) is 30.3 Å². The predicted octanol–water partition coefficient (Wildman–Crippen LogP) is 3.02. The van der Waals surface area contributed by atoms with Gasteiger partial charge in [0, 0.05) is 29.8 Å². The Morgan fingerprint density at radius 1 is 1.14 bits per heavy atom. The van der Waals surface area contributed by atoms with Crippen LogP contribution in [0, 0.1) is 0 Å². The monoisotopic (exact) mass is 398 g/mol. The molecule has 2 N–H and O–H groups in total. The molecular formula is C20H22N4O3S. The number of hydrogen-bond acceptors (Lipinski definition) is 5.